The van der Waals surface area contributed by atoms with Gasteiger partial charge in [0.05, 0.1) is 11.0 Å². The zero-order valence-corrected chi connectivity index (χ0v) is 24.8. The first-order chi connectivity index (χ1) is 22.8. The molecule has 216 valence electrons. The molecule has 0 spiro atoms. The van der Waals surface area contributed by atoms with Crippen LogP contribution in [0.3, 0.4) is 0 Å². The number of aromatic nitrogens is 3. The van der Waals surface area contributed by atoms with E-state index in [1.54, 1.807) is 0 Å². The molecule has 0 unspecified atom stereocenters. The normalized spacial score (nSPS) is 11.5. The molecule has 0 aliphatic heterocycles. The second-order valence-electron chi connectivity index (χ2n) is 11.5. The van der Waals surface area contributed by atoms with Crippen LogP contribution in [-0.2, 0) is 0 Å². The van der Waals surface area contributed by atoms with Gasteiger partial charge in [0.25, 0.3) is 0 Å². The van der Waals surface area contributed by atoms with Crippen molar-refractivity contribution in [2.24, 2.45) is 0 Å². The number of hydrogen-bond donors (Lipinski definition) is 0. The topological polar surface area (TPSA) is 43.9 Å². The van der Waals surface area contributed by atoms with Crippen molar-refractivity contribution in [3.8, 4) is 50.8 Å². The molecule has 0 saturated carbocycles. The molecule has 0 amide bonds. The molecule has 0 aliphatic rings. The van der Waals surface area contributed by atoms with Gasteiger partial charge in [0.2, 0.25) is 11.8 Å². The Morgan fingerprint density at radius 1 is 0.370 bits per heavy atom. The Balaban J connectivity index is 1.06. The average molecular weight is 590 g/mol. The molecule has 2 aromatic heterocycles. The van der Waals surface area contributed by atoms with Crippen LogP contribution in [0.2, 0.25) is 0 Å². The van der Waals surface area contributed by atoms with Crippen molar-refractivity contribution in [1.82, 2.24) is 14.8 Å². The van der Waals surface area contributed by atoms with E-state index in [9.17, 15) is 0 Å². The summed E-state index contributed by atoms with van der Waals surface area (Å²) in [5.41, 5.74) is 10.0. The fraction of sp³-hybridized carbons (Fsp3) is 0. The maximum Gasteiger partial charge on any atom is 0.248 e. The third-order valence-electron chi connectivity index (χ3n) is 8.79. The van der Waals surface area contributed by atoms with Gasteiger partial charge in [0, 0.05) is 27.6 Å². The molecule has 4 nitrogen and oxygen atoms in total. The van der Waals surface area contributed by atoms with Gasteiger partial charge in [-0.25, -0.2) is 0 Å². The predicted octanol–water partition coefficient (Wildman–Crippen LogP) is 11.0. The molecule has 0 aliphatic carbocycles. The number of fused-ring (bicyclic) bond motifs is 4. The summed E-state index contributed by atoms with van der Waals surface area (Å²) in [6.45, 7) is 0. The van der Waals surface area contributed by atoms with Gasteiger partial charge in [-0.1, -0.05) is 103 Å². The van der Waals surface area contributed by atoms with Gasteiger partial charge in [-0.05, 0) is 93.7 Å². The minimum Gasteiger partial charge on any atom is -0.416 e. The second kappa shape index (κ2) is 10.7. The van der Waals surface area contributed by atoms with Crippen LogP contribution in [0.5, 0.6) is 0 Å². The zero-order chi connectivity index (χ0) is 30.5. The van der Waals surface area contributed by atoms with E-state index in [1.807, 2.05) is 42.5 Å². The highest BCUT2D eigenvalue weighted by molar-refractivity contribution is 6.10. The first kappa shape index (κ1) is 26.2. The van der Waals surface area contributed by atoms with Gasteiger partial charge in [0.1, 0.15) is 0 Å². The Bertz CT molecular complexity index is 2510. The van der Waals surface area contributed by atoms with Crippen LogP contribution in [0, 0.1) is 0 Å². The fourth-order valence-corrected chi connectivity index (χ4v) is 6.45. The quantitative estimate of drug-likeness (QED) is 0.201. The molecule has 0 fully saturated rings. The molecule has 2 heterocycles. The molecule has 7 aromatic carbocycles. The third kappa shape index (κ3) is 4.47. The maximum atomic E-state index is 5.98. The summed E-state index contributed by atoms with van der Waals surface area (Å²) < 4.78 is 8.34. The molecule has 0 N–H and O–H groups in total. The highest BCUT2D eigenvalue weighted by atomic mass is 16.4. The highest BCUT2D eigenvalue weighted by Gasteiger charge is 2.15. The summed E-state index contributed by atoms with van der Waals surface area (Å²) in [6.07, 6.45) is 0. The van der Waals surface area contributed by atoms with Crippen LogP contribution < -0.4 is 0 Å². The minimum absolute atomic E-state index is 0.510. The molecule has 4 heteroatoms. The Kier molecular flexibility index (Phi) is 6.10. The van der Waals surface area contributed by atoms with E-state index < -0.39 is 0 Å². The predicted molar refractivity (Wildman–Crippen MR) is 188 cm³/mol. The molecule has 0 radical (unpaired) electrons. The van der Waals surface area contributed by atoms with Crippen molar-refractivity contribution in [3.63, 3.8) is 0 Å². The van der Waals surface area contributed by atoms with E-state index in [4.69, 9.17) is 4.42 Å². The van der Waals surface area contributed by atoms with Crippen molar-refractivity contribution in [2.75, 3.05) is 0 Å². The number of nitrogens with zero attached hydrogens (tertiary/aromatic N) is 3. The van der Waals surface area contributed by atoms with Gasteiger partial charge < -0.3 is 8.98 Å². The van der Waals surface area contributed by atoms with Crippen molar-refractivity contribution in [3.05, 3.63) is 164 Å². The van der Waals surface area contributed by atoms with Gasteiger partial charge in [0.15, 0.2) is 0 Å². The number of hydrogen-bond acceptors (Lipinski definition) is 3. The molecule has 9 aromatic rings. The van der Waals surface area contributed by atoms with Crippen molar-refractivity contribution in [2.45, 2.75) is 0 Å². The van der Waals surface area contributed by atoms with E-state index in [0.717, 1.165) is 27.9 Å². The van der Waals surface area contributed by atoms with Crippen LogP contribution in [0.25, 0.3) is 83.4 Å². The number of rotatable bonds is 5. The Morgan fingerprint density at radius 2 is 0.913 bits per heavy atom. The van der Waals surface area contributed by atoms with Gasteiger partial charge in [-0.15, -0.1) is 10.2 Å². The maximum absolute atomic E-state index is 5.98. The largest absolute Gasteiger partial charge is 0.416 e. The Hall–Kier alpha value is -6.26. The molecule has 9 rings (SSSR count). The smallest absolute Gasteiger partial charge is 0.248 e. The lowest BCUT2D eigenvalue weighted by atomic mass is 10.0. The van der Waals surface area contributed by atoms with Crippen molar-refractivity contribution in [1.29, 1.82) is 0 Å². The summed E-state index contributed by atoms with van der Waals surface area (Å²) in [5, 5.41) is 13.5. The van der Waals surface area contributed by atoms with E-state index >= 15 is 0 Å². The summed E-state index contributed by atoms with van der Waals surface area (Å²) in [5.74, 6) is 1.03. The lowest BCUT2D eigenvalue weighted by molar-refractivity contribution is 0.584. The molecule has 0 bridgehead atoms. The van der Waals surface area contributed by atoms with E-state index in [1.165, 1.54) is 43.7 Å². The zero-order valence-electron chi connectivity index (χ0n) is 24.8. The van der Waals surface area contributed by atoms with Crippen molar-refractivity contribution < 1.29 is 4.42 Å². The number of para-hydroxylation sites is 1. The van der Waals surface area contributed by atoms with Crippen LogP contribution in [0.15, 0.2) is 168 Å². The lowest BCUT2D eigenvalue weighted by Crippen LogP contribution is -1.93. The first-order valence-electron chi connectivity index (χ1n) is 15.4. The van der Waals surface area contributed by atoms with Gasteiger partial charge in [-0.3, -0.25) is 0 Å². The monoisotopic (exact) mass is 589 g/mol. The highest BCUT2D eigenvalue weighted by Crippen LogP contribution is 2.36. The molecule has 0 saturated heterocycles. The third-order valence-corrected chi connectivity index (χ3v) is 8.79. The van der Waals surface area contributed by atoms with Crippen LogP contribution in [-0.4, -0.2) is 14.8 Å². The molecule has 0 atom stereocenters. The summed E-state index contributed by atoms with van der Waals surface area (Å²) in [6, 6.07) is 57.6. The van der Waals surface area contributed by atoms with E-state index in [-0.39, 0.29) is 0 Å². The standard InChI is InChI=1S/C42H27N3O/c1-2-9-31(10-3-1)41-43-44-42(46-41)32-17-14-29(15-18-32)35-22-25-40-38(27-35)37-12-6-7-13-39(37)45(40)36-23-20-30(21-24-36)34-19-16-28-8-4-5-11-33(28)26-34/h1-27H. The lowest BCUT2D eigenvalue weighted by Gasteiger charge is -2.10. The van der Waals surface area contributed by atoms with E-state index in [0.29, 0.717) is 11.8 Å². The number of benzene rings is 7. The average Bonchev–Trinajstić information content (AvgIpc) is 3.76. The molecular weight excluding hydrogens is 562 g/mol. The van der Waals surface area contributed by atoms with Crippen molar-refractivity contribution >= 4 is 32.6 Å². The van der Waals surface area contributed by atoms with Gasteiger partial charge in [-0.2, -0.15) is 0 Å². The Labute approximate surface area is 265 Å². The summed E-state index contributed by atoms with van der Waals surface area (Å²) in [7, 11) is 0. The van der Waals surface area contributed by atoms with E-state index in [2.05, 4.69) is 136 Å². The summed E-state index contributed by atoms with van der Waals surface area (Å²) in [4.78, 5) is 0. The van der Waals surface area contributed by atoms with Crippen LogP contribution >= 0.6 is 0 Å². The SMILES string of the molecule is c1ccc(-c2nnc(-c3ccc(-c4ccc5c(c4)c4ccccc4n5-c4ccc(-c5ccc6ccccc6c5)cc4)cc3)o2)cc1. The van der Waals surface area contributed by atoms with Crippen LogP contribution in [0.1, 0.15) is 0 Å². The molecular formula is C42H27N3O. The van der Waals surface area contributed by atoms with Gasteiger partial charge >= 0.3 is 0 Å². The molecule has 46 heavy (non-hydrogen) atoms. The first-order valence-corrected chi connectivity index (χ1v) is 15.4. The second-order valence-corrected chi connectivity index (χ2v) is 11.5. The summed E-state index contributed by atoms with van der Waals surface area (Å²) >= 11 is 0. The minimum atomic E-state index is 0.510. The fourth-order valence-electron chi connectivity index (χ4n) is 6.45. The van der Waals surface area contributed by atoms with Crippen LogP contribution in [0.4, 0.5) is 0 Å². The Morgan fingerprint density at radius 3 is 1.70 bits per heavy atom.